The minimum absolute atomic E-state index is 0.286. The molecule has 17 heavy (non-hydrogen) atoms. The number of para-hydroxylation sites is 1. The van der Waals surface area contributed by atoms with Crippen LogP contribution in [-0.2, 0) is 0 Å². The van der Waals surface area contributed by atoms with Crippen LogP contribution in [0, 0.1) is 0 Å². The average Bonchev–Trinajstić information content (AvgIpc) is 2.37. The first-order chi connectivity index (χ1) is 8.24. The van der Waals surface area contributed by atoms with Crippen molar-refractivity contribution >= 4 is 5.69 Å². The maximum Gasteiger partial charge on any atom is 0.0443 e. The number of nitrogens with zero attached hydrogens (tertiary/aromatic N) is 2. The first-order valence-electron chi connectivity index (χ1n) is 6.29. The maximum atomic E-state index is 8.74. The molecule has 0 atom stereocenters. The third-order valence-electron chi connectivity index (χ3n) is 2.93. The van der Waals surface area contributed by atoms with Gasteiger partial charge in [0.25, 0.3) is 0 Å². The van der Waals surface area contributed by atoms with E-state index in [0.717, 1.165) is 32.5 Å². The van der Waals surface area contributed by atoms with E-state index in [2.05, 4.69) is 48.2 Å². The van der Waals surface area contributed by atoms with E-state index in [-0.39, 0.29) is 6.61 Å². The molecule has 3 nitrogen and oxygen atoms in total. The fraction of sp³-hybridized carbons (Fsp3) is 0.571. The predicted octanol–water partition coefficient (Wildman–Crippen LogP) is 1.83. The molecule has 0 saturated heterocycles. The topological polar surface area (TPSA) is 26.7 Å². The highest BCUT2D eigenvalue weighted by molar-refractivity contribution is 5.44. The van der Waals surface area contributed by atoms with E-state index in [1.165, 1.54) is 5.69 Å². The first kappa shape index (κ1) is 14.0. The van der Waals surface area contributed by atoms with Crippen molar-refractivity contribution in [2.45, 2.75) is 12.8 Å². The molecule has 0 aromatic heterocycles. The molecule has 1 aromatic carbocycles. The van der Waals surface area contributed by atoms with Crippen molar-refractivity contribution in [1.29, 1.82) is 0 Å². The minimum Gasteiger partial charge on any atom is -0.396 e. The van der Waals surface area contributed by atoms with Crippen LogP contribution >= 0.6 is 0 Å². The van der Waals surface area contributed by atoms with Crippen LogP contribution in [-0.4, -0.2) is 50.3 Å². The molecule has 0 radical (unpaired) electrons. The smallest absolute Gasteiger partial charge is 0.0443 e. The average molecular weight is 236 g/mol. The van der Waals surface area contributed by atoms with Crippen LogP contribution in [0.3, 0.4) is 0 Å². The van der Waals surface area contributed by atoms with Crippen LogP contribution in [0.4, 0.5) is 5.69 Å². The largest absolute Gasteiger partial charge is 0.396 e. The van der Waals surface area contributed by atoms with Gasteiger partial charge in [-0.2, -0.15) is 0 Å². The molecule has 0 bridgehead atoms. The third kappa shape index (κ3) is 5.71. The molecule has 96 valence electrons. The van der Waals surface area contributed by atoms with Crippen molar-refractivity contribution in [1.82, 2.24) is 4.90 Å². The van der Waals surface area contributed by atoms with Gasteiger partial charge in [-0.25, -0.2) is 0 Å². The second kappa shape index (κ2) is 8.09. The van der Waals surface area contributed by atoms with Crippen molar-refractivity contribution in [3.8, 4) is 0 Å². The predicted molar refractivity (Wildman–Crippen MR) is 73.5 cm³/mol. The molecule has 0 aliphatic rings. The number of hydrogen-bond donors (Lipinski definition) is 1. The Bertz CT molecular complexity index is 290. The van der Waals surface area contributed by atoms with Gasteiger partial charge < -0.3 is 14.9 Å². The fourth-order valence-electron chi connectivity index (χ4n) is 1.84. The second-order valence-corrected chi connectivity index (χ2v) is 4.49. The van der Waals surface area contributed by atoms with E-state index in [1.54, 1.807) is 0 Å². The number of aliphatic hydroxyl groups excluding tert-OH is 1. The Morgan fingerprint density at radius 3 is 2.24 bits per heavy atom. The number of anilines is 1. The summed E-state index contributed by atoms with van der Waals surface area (Å²) in [7, 11) is 4.24. The van der Waals surface area contributed by atoms with E-state index in [9.17, 15) is 0 Å². The molecule has 1 rings (SSSR count). The van der Waals surface area contributed by atoms with Crippen molar-refractivity contribution in [2.24, 2.45) is 0 Å². The van der Waals surface area contributed by atoms with Gasteiger partial charge in [0.2, 0.25) is 0 Å². The standard InChI is InChI=1S/C14H24N2O/c1-15(11-7-13-17)10-6-12-16(2)14-8-4-3-5-9-14/h3-5,8-9,17H,6-7,10-13H2,1-2H3. The van der Waals surface area contributed by atoms with Crippen molar-refractivity contribution in [3.63, 3.8) is 0 Å². The van der Waals surface area contributed by atoms with Crippen LogP contribution in [0.5, 0.6) is 0 Å². The third-order valence-corrected chi connectivity index (χ3v) is 2.93. The van der Waals surface area contributed by atoms with Gasteiger partial charge in [0.15, 0.2) is 0 Å². The lowest BCUT2D eigenvalue weighted by Gasteiger charge is -2.21. The van der Waals surface area contributed by atoms with Crippen LogP contribution in [0.25, 0.3) is 0 Å². The normalized spacial score (nSPS) is 10.8. The van der Waals surface area contributed by atoms with Crippen LogP contribution in [0.1, 0.15) is 12.8 Å². The van der Waals surface area contributed by atoms with Crippen molar-refractivity contribution in [3.05, 3.63) is 30.3 Å². The molecule has 3 heteroatoms. The number of hydrogen-bond acceptors (Lipinski definition) is 3. The van der Waals surface area contributed by atoms with Crippen molar-refractivity contribution < 1.29 is 5.11 Å². The molecule has 0 saturated carbocycles. The maximum absolute atomic E-state index is 8.74. The lowest BCUT2D eigenvalue weighted by molar-refractivity contribution is 0.247. The molecule has 0 heterocycles. The number of aliphatic hydroxyl groups is 1. The SMILES string of the molecule is CN(CCCO)CCCN(C)c1ccccc1. The Hall–Kier alpha value is -1.06. The van der Waals surface area contributed by atoms with Gasteiger partial charge in [-0.15, -0.1) is 0 Å². The lowest BCUT2D eigenvalue weighted by Crippen LogP contribution is -2.26. The lowest BCUT2D eigenvalue weighted by atomic mass is 10.3. The van der Waals surface area contributed by atoms with Gasteiger partial charge in [-0.05, 0) is 38.6 Å². The summed E-state index contributed by atoms with van der Waals surface area (Å²) in [6.07, 6.45) is 2.01. The summed E-state index contributed by atoms with van der Waals surface area (Å²) in [6, 6.07) is 10.4. The number of rotatable bonds is 8. The van der Waals surface area contributed by atoms with Crippen LogP contribution in [0.2, 0.25) is 0 Å². The number of benzene rings is 1. The molecule has 1 N–H and O–H groups in total. The van der Waals surface area contributed by atoms with Gasteiger partial charge in [0.1, 0.15) is 0 Å². The Morgan fingerprint density at radius 1 is 0.941 bits per heavy atom. The Labute approximate surface area is 105 Å². The van der Waals surface area contributed by atoms with Gasteiger partial charge in [-0.3, -0.25) is 0 Å². The highest BCUT2D eigenvalue weighted by Crippen LogP contribution is 2.10. The quantitative estimate of drug-likeness (QED) is 0.746. The summed E-state index contributed by atoms with van der Waals surface area (Å²) in [5.74, 6) is 0. The Morgan fingerprint density at radius 2 is 1.59 bits per heavy atom. The Kier molecular flexibility index (Phi) is 6.67. The van der Waals surface area contributed by atoms with Crippen molar-refractivity contribution in [2.75, 3.05) is 45.2 Å². The minimum atomic E-state index is 0.286. The van der Waals surface area contributed by atoms with Gasteiger partial charge in [-0.1, -0.05) is 18.2 Å². The van der Waals surface area contributed by atoms with E-state index in [1.807, 2.05) is 6.07 Å². The van der Waals surface area contributed by atoms with Crippen LogP contribution < -0.4 is 4.90 Å². The zero-order valence-electron chi connectivity index (χ0n) is 11.0. The van der Waals surface area contributed by atoms with E-state index < -0.39 is 0 Å². The Balaban J connectivity index is 2.18. The molecular weight excluding hydrogens is 212 g/mol. The van der Waals surface area contributed by atoms with Gasteiger partial charge in [0, 0.05) is 32.4 Å². The summed E-state index contributed by atoms with van der Waals surface area (Å²) in [5.41, 5.74) is 1.27. The molecule has 0 aliphatic carbocycles. The second-order valence-electron chi connectivity index (χ2n) is 4.49. The first-order valence-corrected chi connectivity index (χ1v) is 6.29. The molecule has 0 spiro atoms. The zero-order valence-corrected chi connectivity index (χ0v) is 11.0. The fourth-order valence-corrected chi connectivity index (χ4v) is 1.84. The molecule has 0 aliphatic heterocycles. The molecule has 0 amide bonds. The molecule has 0 unspecified atom stereocenters. The summed E-state index contributed by atoms with van der Waals surface area (Å²) in [4.78, 5) is 4.55. The summed E-state index contributed by atoms with van der Waals surface area (Å²) in [6.45, 7) is 3.41. The highest BCUT2D eigenvalue weighted by Gasteiger charge is 2.01. The van der Waals surface area contributed by atoms with E-state index >= 15 is 0 Å². The van der Waals surface area contributed by atoms with Crippen LogP contribution in [0.15, 0.2) is 30.3 Å². The molecule has 0 fully saturated rings. The van der Waals surface area contributed by atoms with Gasteiger partial charge in [0.05, 0.1) is 0 Å². The van der Waals surface area contributed by atoms with E-state index in [0.29, 0.717) is 0 Å². The summed E-state index contributed by atoms with van der Waals surface area (Å²) in [5, 5.41) is 8.74. The zero-order chi connectivity index (χ0) is 12.5. The molecule has 1 aromatic rings. The van der Waals surface area contributed by atoms with Gasteiger partial charge >= 0.3 is 0 Å². The highest BCUT2D eigenvalue weighted by atomic mass is 16.3. The molecular formula is C14H24N2O. The summed E-state index contributed by atoms with van der Waals surface area (Å²) >= 11 is 0. The van der Waals surface area contributed by atoms with E-state index in [4.69, 9.17) is 5.11 Å². The summed E-state index contributed by atoms with van der Waals surface area (Å²) < 4.78 is 0. The monoisotopic (exact) mass is 236 g/mol.